The molecule has 0 aliphatic carbocycles. The van der Waals surface area contributed by atoms with Gasteiger partial charge in [-0.3, -0.25) is 0 Å². The number of rotatable bonds is 6. The largest absolute Gasteiger partial charge is 0.475 e. The van der Waals surface area contributed by atoms with Crippen LogP contribution in [0.5, 0.6) is 5.88 Å². The summed E-state index contributed by atoms with van der Waals surface area (Å²) in [5, 5.41) is 10.3. The summed E-state index contributed by atoms with van der Waals surface area (Å²) < 4.78 is 5.48. The van der Waals surface area contributed by atoms with Gasteiger partial charge in [-0.15, -0.1) is 0 Å². The van der Waals surface area contributed by atoms with Crippen LogP contribution in [-0.2, 0) is 0 Å². The zero-order valence-corrected chi connectivity index (χ0v) is 12.3. The molecule has 3 N–H and O–H groups in total. The molecule has 20 heavy (non-hydrogen) atoms. The molecular formula is C15H25N3O2. The molecule has 112 valence electrons. The lowest BCUT2D eigenvalue weighted by Crippen LogP contribution is -2.40. The third-order valence-corrected chi connectivity index (χ3v) is 3.53. The first-order valence-electron chi connectivity index (χ1n) is 7.35. The monoisotopic (exact) mass is 279 g/mol. The average molecular weight is 279 g/mol. The Morgan fingerprint density at radius 3 is 2.60 bits per heavy atom. The molecule has 2 atom stereocenters. The van der Waals surface area contributed by atoms with Crippen molar-refractivity contribution in [1.29, 1.82) is 0 Å². The molecule has 2 heterocycles. The van der Waals surface area contributed by atoms with Crippen molar-refractivity contribution < 1.29 is 9.84 Å². The van der Waals surface area contributed by atoms with Gasteiger partial charge in [0, 0.05) is 30.4 Å². The SMILES string of the molecule is CC(C)Oc1ccc(C(O)C(N)CN2CCCC2)cn1. The van der Waals surface area contributed by atoms with Gasteiger partial charge in [-0.25, -0.2) is 4.98 Å². The Bertz CT molecular complexity index is 402. The zero-order valence-electron chi connectivity index (χ0n) is 12.3. The van der Waals surface area contributed by atoms with Crippen LogP contribution < -0.4 is 10.5 Å². The first-order valence-corrected chi connectivity index (χ1v) is 7.35. The highest BCUT2D eigenvalue weighted by molar-refractivity contribution is 5.21. The number of hydrogen-bond donors (Lipinski definition) is 2. The Kier molecular flexibility index (Phi) is 5.34. The van der Waals surface area contributed by atoms with E-state index in [4.69, 9.17) is 10.5 Å². The molecule has 0 saturated carbocycles. The van der Waals surface area contributed by atoms with Crippen LogP contribution in [0.3, 0.4) is 0 Å². The van der Waals surface area contributed by atoms with E-state index in [9.17, 15) is 5.11 Å². The summed E-state index contributed by atoms with van der Waals surface area (Å²) in [6.45, 7) is 6.80. The minimum atomic E-state index is -0.684. The molecule has 0 radical (unpaired) electrons. The Balaban J connectivity index is 1.91. The van der Waals surface area contributed by atoms with Gasteiger partial charge in [-0.2, -0.15) is 0 Å². The van der Waals surface area contributed by atoms with E-state index in [1.807, 2.05) is 19.9 Å². The summed E-state index contributed by atoms with van der Waals surface area (Å²) in [4.78, 5) is 6.51. The molecule has 0 aromatic carbocycles. The van der Waals surface area contributed by atoms with Gasteiger partial charge in [0.15, 0.2) is 0 Å². The van der Waals surface area contributed by atoms with Crippen molar-refractivity contribution in [2.75, 3.05) is 19.6 Å². The fraction of sp³-hybridized carbons (Fsp3) is 0.667. The average Bonchev–Trinajstić information content (AvgIpc) is 2.91. The van der Waals surface area contributed by atoms with E-state index >= 15 is 0 Å². The number of likely N-dealkylation sites (tertiary alicyclic amines) is 1. The summed E-state index contributed by atoms with van der Waals surface area (Å²) in [6.07, 6.45) is 3.51. The van der Waals surface area contributed by atoms with Crippen molar-refractivity contribution in [3.63, 3.8) is 0 Å². The summed E-state index contributed by atoms with van der Waals surface area (Å²) >= 11 is 0. The van der Waals surface area contributed by atoms with Gasteiger partial charge in [-0.1, -0.05) is 0 Å². The van der Waals surface area contributed by atoms with Crippen LogP contribution in [0.4, 0.5) is 0 Å². The first-order chi connectivity index (χ1) is 9.56. The summed E-state index contributed by atoms with van der Waals surface area (Å²) in [5.41, 5.74) is 6.84. The molecule has 1 aliphatic heterocycles. The van der Waals surface area contributed by atoms with Gasteiger partial charge in [-0.05, 0) is 45.8 Å². The number of nitrogens with zero attached hydrogens (tertiary/aromatic N) is 2. The van der Waals surface area contributed by atoms with Gasteiger partial charge in [0.25, 0.3) is 0 Å². The van der Waals surface area contributed by atoms with E-state index < -0.39 is 6.10 Å². The van der Waals surface area contributed by atoms with Crippen LogP contribution in [0.15, 0.2) is 18.3 Å². The fourth-order valence-electron chi connectivity index (χ4n) is 2.49. The van der Waals surface area contributed by atoms with Crippen molar-refractivity contribution in [3.8, 4) is 5.88 Å². The first kappa shape index (κ1) is 15.2. The molecular weight excluding hydrogens is 254 g/mol. The van der Waals surface area contributed by atoms with Crippen LogP contribution in [-0.4, -0.2) is 46.8 Å². The maximum atomic E-state index is 10.3. The zero-order chi connectivity index (χ0) is 14.5. The van der Waals surface area contributed by atoms with Crippen molar-refractivity contribution >= 4 is 0 Å². The Morgan fingerprint density at radius 1 is 1.35 bits per heavy atom. The third-order valence-electron chi connectivity index (χ3n) is 3.53. The number of ether oxygens (including phenoxy) is 1. The summed E-state index contributed by atoms with van der Waals surface area (Å²) in [5.74, 6) is 0.573. The quantitative estimate of drug-likeness (QED) is 0.822. The van der Waals surface area contributed by atoms with Gasteiger partial charge < -0.3 is 20.5 Å². The second-order valence-corrected chi connectivity index (χ2v) is 5.71. The van der Waals surface area contributed by atoms with E-state index in [2.05, 4.69) is 9.88 Å². The summed E-state index contributed by atoms with van der Waals surface area (Å²) in [7, 11) is 0. The van der Waals surface area contributed by atoms with Gasteiger partial charge >= 0.3 is 0 Å². The van der Waals surface area contributed by atoms with Crippen LogP contribution in [0.2, 0.25) is 0 Å². The highest BCUT2D eigenvalue weighted by Crippen LogP contribution is 2.19. The maximum Gasteiger partial charge on any atom is 0.213 e. The van der Waals surface area contributed by atoms with Gasteiger partial charge in [0.1, 0.15) is 0 Å². The van der Waals surface area contributed by atoms with E-state index in [-0.39, 0.29) is 12.1 Å². The second-order valence-electron chi connectivity index (χ2n) is 5.71. The molecule has 0 amide bonds. The third kappa shape index (κ3) is 4.16. The van der Waals surface area contributed by atoms with E-state index in [1.54, 1.807) is 12.3 Å². The van der Waals surface area contributed by atoms with Gasteiger partial charge in [0.2, 0.25) is 5.88 Å². The molecule has 1 aromatic heterocycles. The molecule has 1 fully saturated rings. The number of pyridine rings is 1. The summed E-state index contributed by atoms with van der Waals surface area (Å²) in [6, 6.07) is 3.33. The molecule has 5 heteroatoms. The number of hydrogen-bond acceptors (Lipinski definition) is 5. The van der Waals surface area contributed by atoms with Crippen LogP contribution in [0.25, 0.3) is 0 Å². The Hall–Kier alpha value is -1.17. The van der Waals surface area contributed by atoms with Crippen molar-refractivity contribution in [2.45, 2.75) is 44.9 Å². The van der Waals surface area contributed by atoms with Crippen molar-refractivity contribution in [3.05, 3.63) is 23.9 Å². The lowest BCUT2D eigenvalue weighted by atomic mass is 10.0. The van der Waals surface area contributed by atoms with Crippen molar-refractivity contribution in [1.82, 2.24) is 9.88 Å². The molecule has 1 aromatic rings. The Labute approximate surface area is 120 Å². The minimum absolute atomic E-state index is 0.0932. The molecule has 2 rings (SSSR count). The fourth-order valence-corrected chi connectivity index (χ4v) is 2.49. The molecule has 0 bridgehead atoms. The number of nitrogens with two attached hydrogens (primary N) is 1. The highest BCUT2D eigenvalue weighted by Gasteiger charge is 2.22. The van der Waals surface area contributed by atoms with Crippen LogP contribution in [0, 0.1) is 0 Å². The molecule has 1 aliphatic rings. The lowest BCUT2D eigenvalue weighted by molar-refractivity contribution is 0.125. The topological polar surface area (TPSA) is 71.6 Å². The van der Waals surface area contributed by atoms with Crippen LogP contribution in [0.1, 0.15) is 38.4 Å². The number of aliphatic hydroxyl groups is 1. The van der Waals surface area contributed by atoms with Gasteiger partial charge in [0.05, 0.1) is 12.2 Å². The predicted octanol–water partition coefficient (Wildman–Crippen LogP) is 1.33. The van der Waals surface area contributed by atoms with E-state index in [0.717, 1.165) is 25.2 Å². The Morgan fingerprint density at radius 2 is 2.05 bits per heavy atom. The standard InChI is InChI=1S/C15H25N3O2/c1-11(2)20-14-6-5-12(9-17-14)15(19)13(16)10-18-7-3-4-8-18/h5-6,9,11,13,15,19H,3-4,7-8,10,16H2,1-2H3. The molecule has 0 spiro atoms. The van der Waals surface area contributed by atoms with Crippen molar-refractivity contribution in [2.24, 2.45) is 5.73 Å². The minimum Gasteiger partial charge on any atom is -0.475 e. The molecule has 2 unspecified atom stereocenters. The lowest BCUT2D eigenvalue weighted by Gasteiger charge is -2.24. The maximum absolute atomic E-state index is 10.3. The number of aromatic nitrogens is 1. The second kappa shape index (κ2) is 7.02. The number of aliphatic hydroxyl groups excluding tert-OH is 1. The molecule has 5 nitrogen and oxygen atoms in total. The highest BCUT2D eigenvalue weighted by atomic mass is 16.5. The normalized spacial score (nSPS) is 19.2. The smallest absolute Gasteiger partial charge is 0.213 e. The van der Waals surface area contributed by atoms with Crippen LogP contribution >= 0.6 is 0 Å². The van der Waals surface area contributed by atoms with E-state index in [0.29, 0.717) is 5.88 Å². The molecule has 1 saturated heterocycles. The predicted molar refractivity (Wildman–Crippen MR) is 78.6 cm³/mol. The van der Waals surface area contributed by atoms with E-state index in [1.165, 1.54) is 12.8 Å².